The van der Waals surface area contributed by atoms with E-state index in [-0.39, 0.29) is 10.8 Å². The van der Waals surface area contributed by atoms with Crippen molar-refractivity contribution in [2.45, 2.75) is 11.8 Å². The highest BCUT2D eigenvalue weighted by Gasteiger charge is 2.12. The molecule has 0 fully saturated rings. The van der Waals surface area contributed by atoms with Gasteiger partial charge in [-0.2, -0.15) is 18.4 Å². The van der Waals surface area contributed by atoms with Crippen LogP contribution < -0.4 is 10.1 Å². The number of carbonyl (C=O) groups excluding carboxylic acids is 1. The van der Waals surface area contributed by atoms with Gasteiger partial charge in [0, 0.05) is 11.3 Å². The van der Waals surface area contributed by atoms with E-state index in [0.29, 0.717) is 22.5 Å². The van der Waals surface area contributed by atoms with E-state index >= 15 is 0 Å². The van der Waals surface area contributed by atoms with E-state index in [4.69, 9.17) is 0 Å². The van der Waals surface area contributed by atoms with Crippen LogP contribution in [0.4, 0.5) is 5.69 Å². The maximum atomic E-state index is 12.3. The van der Waals surface area contributed by atoms with Crippen LogP contribution in [0.3, 0.4) is 0 Å². The van der Waals surface area contributed by atoms with Crippen molar-refractivity contribution in [2.75, 3.05) is 5.32 Å². The SMILES string of the molecule is C/C(=N\NS(=O)(=O)c1ccccc1)c1cccc(NC(=O)c2ccccc2)c1. The summed E-state index contributed by atoms with van der Waals surface area (Å²) >= 11 is 0. The van der Waals surface area contributed by atoms with Crippen LogP contribution in [0, 0.1) is 0 Å². The molecule has 0 atom stereocenters. The molecule has 28 heavy (non-hydrogen) atoms. The lowest BCUT2D eigenvalue weighted by Gasteiger charge is -2.08. The lowest BCUT2D eigenvalue weighted by Crippen LogP contribution is -2.20. The van der Waals surface area contributed by atoms with E-state index in [9.17, 15) is 13.2 Å². The molecule has 7 heteroatoms. The number of sulfonamides is 1. The molecule has 0 saturated carbocycles. The quantitative estimate of drug-likeness (QED) is 0.495. The van der Waals surface area contributed by atoms with Crippen LogP contribution >= 0.6 is 0 Å². The number of rotatable bonds is 6. The minimum absolute atomic E-state index is 0.135. The number of carbonyl (C=O) groups is 1. The predicted octanol–water partition coefficient (Wildman–Crippen LogP) is 3.64. The molecule has 0 heterocycles. The van der Waals surface area contributed by atoms with Gasteiger partial charge in [-0.15, -0.1) is 0 Å². The number of amides is 1. The van der Waals surface area contributed by atoms with Crippen LogP contribution in [0.2, 0.25) is 0 Å². The van der Waals surface area contributed by atoms with Crippen molar-refractivity contribution >= 4 is 27.3 Å². The third kappa shape index (κ3) is 4.83. The Hall–Kier alpha value is -3.45. The molecular formula is C21H19N3O3S. The zero-order chi connectivity index (χ0) is 20.0. The van der Waals surface area contributed by atoms with Crippen molar-refractivity contribution < 1.29 is 13.2 Å². The molecule has 142 valence electrons. The Morgan fingerprint density at radius 3 is 2.11 bits per heavy atom. The molecule has 3 rings (SSSR count). The maximum absolute atomic E-state index is 12.3. The fourth-order valence-corrected chi connectivity index (χ4v) is 3.34. The van der Waals surface area contributed by atoms with Crippen LogP contribution in [0.15, 0.2) is 94.9 Å². The summed E-state index contributed by atoms with van der Waals surface area (Å²) in [5, 5.41) is 6.81. The van der Waals surface area contributed by atoms with E-state index in [2.05, 4.69) is 15.2 Å². The summed E-state index contributed by atoms with van der Waals surface area (Å²) in [5.74, 6) is -0.225. The standard InChI is InChI=1S/C21H19N3O3S/c1-16(23-24-28(26,27)20-13-6-3-7-14-20)18-11-8-12-19(15-18)22-21(25)17-9-4-2-5-10-17/h2-15,24H,1H3,(H,22,25)/b23-16+. The van der Waals surface area contributed by atoms with Gasteiger partial charge in [-0.25, -0.2) is 0 Å². The lowest BCUT2D eigenvalue weighted by atomic mass is 10.1. The largest absolute Gasteiger partial charge is 0.322 e. The minimum Gasteiger partial charge on any atom is -0.322 e. The Morgan fingerprint density at radius 1 is 0.821 bits per heavy atom. The van der Waals surface area contributed by atoms with Crippen LogP contribution in [0.1, 0.15) is 22.8 Å². The fourth-order valence-electron chi connectivity index (χ4n) is 2.46. The van der Waals surface area contributed by atoms with Crippen molar-refractivity contribution in [3.05, 3.63) is 96.1 Å². The summed E-state index contributed by atoms with van der Waals surface area (Å²) in [7, 11) is -3.74. The zero-order valence-electron chi connectivity index (χ0n) is 15.2. The van der Waals surface area contributed by atoms with E-state index in [1.165, 1.54) is 12.1 Å². The van der Waals surface area contributed by atoms with Gasteiger partial charge in [0.05, 0.1) is 10.6 Å². The lowest BCUT2D eigenvalue weighted by molar-refractivity contribution is 0.102. The van der Waals surface area contributed by atoms with Gasteiger partial charge in [-0.3, -0.25) is 4.79 Å². The van der Waals surface area contributed by atoms with Gasteiger partial charge in [0.1, 0.15) is 0 Å². The molecule has 0 radical (unpaired) electrons. The number of anilines is 1. The predicted molar refractivity (Wildman–Crippen MR) is 110 cm³/mol. The molecule has 2 N–H and O–H groups in total. The third-order valence-corrected chi connectivity index (χ3v) is 5.19. The highest BCUT2D eigenvalue weighted by atomic mass is 32.2. The molecule has 1 amide bonds. The first-order valence-corrected chi connectivity index (χ1v) is 10.0. The normalized spacial score (nSPS) is 11.7. The molecule has 3 aromatic rings. The Kier molecular flexibility index (Phi) is 5.86. The van der Waals surface area contributed by atoms with Crippen molar-refractivity contribution in [2.24, 2.45) is 5.10 Å². The van der Waals surface area contributed by atoms with Gasteiger partial charge in [0.2, 0.25) is 0 Å². The summed E-state index contributed by atoms with van der Waals surface area (Å²) in [4.78, 5) is 14.6. The first-order valence-electron chi connectivity index (χ1n) is 8.54. The van der Waals surface area contributed by atoms with E-state index < -0.39 is 10.0 Å². The van der Waals surface area contributed by atoms with E-state index in [0.717, 1.165) is 0 Å². The second kappa shape index (κ2) is 8.49. The summed E-state index contributed by atoms with van der Waals surface area (Å²) in [5.41, 5.74) is 2.29. The number of nitrogens with zero attached hydrogens (tertiary/aromatic N) is 1. The van der Waals surface area contributed by atoms with Gasteiger partial charge in [0.15, 0.2) is 0 Å². The monoisotopic (exact) mass is 393 g/mol. The summed E-state index contributed by atoms with van der Waals surface area (Å²) < 4.78 is 24.5. The molecule has 0 aliphatic heterocycles. The molecule has 0 spiro atoms. The number of nitrogens with one attached hydrogen (secondary N) is 2. The zero-order valence-corrected chi connectivity index (χ0v) is 16.0. The van der Waals surface area contributed by atoms with Gasteiger partial charge in [0.25, 0.3) is 15.9 Å². The first-order chi connectivity index (χ1) is 13.5. The Morgan fingerprint density at radius 2 is 1.43 bits per heavy atom. The number of hydrazone groups is 1. The average molecular weight is 393 g/mol. The highest BCUT2D eigenvalue weighted by Crippen LogP contribution is 2.14. The van der Waals surface area contributed by atoms with Gasteiger partial charge in [-0.1, -0.05) is 48.5 Å². The minimum atomic E-state index is -3.74. The van der Waals surface area contributed by atoms with Crippen LogP contribution in [0.5, 0.6) is 0 Å². The van der Waals surface area contributed by atoms with E-state index in [1.807, 2.05) is 6.07 Å². The Balaban J connectivity index is 1.74. The molecule has 3 aromatic carbocycles. The topological polar surface area (TPSA) is 87.6 Å². The van der Waals surface area contributed by atoms with Gasteiger partial charge in [-0.05, 0) is 48.9 Å². The number of hydrogen-bond donors (Lipinski definition) is 2. The second-order valence-electron chi connectivity index (χ2n) is 6.01. The number of hydrogen-bond acceptors (Lipinski definition) is 4. The molecule has 0 bridgehead atoms. The number of benzene rings is 3. The van der Waals surface area contributed by atoms with E-state index in [1.54, 1.807) is 73.7 Å². The fraction of sp³-hybridized carbons (Fsp3) is 0.0476. The molecule has 0 aliphatic carbocycles. The van der Waals surface area contributed by atoms with Crippen molar-refractivity contribution in [3.63, 3.8) is 0 Å². The molecule has 6 nitrogen and oxygen atoms in total. The molecule has 0 saturated heterocycles. The second-order valence-corrected chi connectivity index (χ2v) is 7.67. The average Bonchev–Trinajstić information content (AvgIpc) is 2.73. The first kappa shape index (κ1) is 19.3. The van der Waals surface area contributed by atoms with Crippen molar-refractivity contribution in [3.8, 4) is 0 Å². The summed E-state index contributed by atoms with van der Waals surface area (Å²) in [6.45, 7) is 1.69. The van der Waals surface area contributed by atoms with Crippen molar-refractivity contribution in [1.82, 2.24) is 4.83 Å². The molecule has 0 aliphatic rings. The highest BCUT2D eigenvalue weighted by molar-refractivity contribution is 7.89. The molecular weight excluding hydrogens is 374 g/mol. The Labute approximate surface area is 164 Å². The van der Waals surface area contributed by atoms with Crippen LogP contribution in [0.25, 0.3) is 0 Å². The maximum Gasteiger partial charge on any atom is 0.276 e. The Bertz CT molecular complexity index is 1100. The van der Waals surface area contributed by atoms with Crippen LogP contribution in [-0.4, -0.2) is 20.0 Å². The smallest absolute Gasteiger partial charge is 0.276 e. The van der Waals surface area contributed by atoms with Gasteiger partial charge >= 0.3 is 0 Å². The third-order valence-electron chi connectivity index (χ3n) is 3.96. The van der Waals surface area contributed by atoms with Crippen LogP contribution in [-0.2, 0) is 10.0 Å². The van der Waals surface area contributed by atoms with Gasteiger partial charge < -0.3 is 5.32 Å². The molecule has 0 unspecified atom stereocenters. The summed E-state index contributed by atoms with van der Waals surface area (Å²) in [6, 6.07) is 23.9. The summed E-state index contributed by atoms with van der Waals surface area (Å²) in [6.07, 6.45) is 0. The molecule has 0 aromatic heterocycles. The van der Waals surface area contributed by atoms with Crippen molar-refractivity contribution in [1.29, 1.82) is 0 Å².